The van der Waals surface area contributed by atoms with Gasteiger partial charge in [-0.2, -0.15) is 0 Å². The molecule has 1 amide bonds. The molecule has 5 nitrogen and oxygen atoms in total. The summed E-state index contributed by atoms with van der Waals surface area (Å²) in [6.07, 6.45) is 0. The molecule has 144 valence electrons. The van der Waals surface area contributed by atoms with Crippen molar-refractivity contribution in [3.05, 3.63) is 80.4 Å². The van der Waals surface area contributed by atoms with Crippen LogP contribution in [0.4, 0.5) is 4.39 Å². The molecule has 0 radical (unpaired) electrons. The molecule has 0 spiro atoms. The van der Waals surface area contributed by atoms with Crippen molar-refractivity contribution in [2.75, 3.05) is 27.2 Å². The maximum atomic E-state index is 13.9. The monoisotopic (exact) mass is 400 g/mol. The van der Waals surface area contributed by atoms with Gasteiger partial charge in [-0.05, 0) is 50.0 Å². The Morgan fingerprint density at radius 2 is 1.96 bits per heavy atom. The number of fused-ring (bicyclic) bond motifs is 2. The van der Waals surface area contributed by atoms with Crippen molar-refractivity contribution in [2.45, 2.75) is 6.04 Å². The van der Waals surface area contributed by atoms with E-state index in [1.165, 1.54) is 18.2 Å². The second-order valence-electron chi connectivity index (χ2n) is 7.07. The third kappa shape index (κ3) is 3.08. The summed E-state index contributed by atoms with van der Waals surface area (Å²) in [6.45, 7) is 0.957. The van der Waals surface area contributed by atoms with Gasteiger partial charge in [-0.25, -0.2) is 4.39 Å². The highest BCUT2D eigenvalue weighted by atomic mass is 35.5. The third-order valence-electron chi connectivity index (χ3n) is 4.88. The predicted octanol–water partition coefficient (Wildman–Crippen LogP) is 3.69. The Labute approximate surface area is 165 Å². The zero-order chi connectivity index (χ0) is 20.0. The number of hydrogen-bond acceptors (Lipinski definition) is 4. The van der Waals surface area contributed by atoms with Crippen LogP contribution in [-0.2, 0) is 0 Å². The molecule has 0 aliphatic carbocycles. The Morgan fingerprint density at radius 3 is 2.68 bits per heavy atom. The fraction of sp³-hybridized carbons (Fsp3) is 0.238. The molecule has 1 aliphatic rings. The van der Waals surface area contributed by atoms with Crippen LogP contribution in [0.15, 0.2) is 51.7 Å². The van der Waals surface area contributed by atoms with Crippen LogP contribution in [-0.4, -0.2) is 42.9 Å². The SMILES string of the molecule is CN(C)CCN1C(=O)c2oc3ccc(Cl)cc3c(=O)c2[C@@H]1c1cccc(F)c1. The summed E-state index contributed by atoms with van der Waals surface area (Å²) in [4.78, 5) is 29.9. The van der Waals surface area contributed by atoms with E-state index in [9.17, 15) is 14.0 Å². The van der Waals surface area contributed by atoms with E-state index in [1.807, 2.05) is 19.0 Å². The zero-order valence-corrected chi connectivity index (χ0v) is 16.2. The van der Waals surface area contributed by atoms with Crippen molar-refractivity contribution in [3.63, 3.8) is 0 Å². The van der Waals surface area contributed by atoms with E-state index in [0.717, 1.165) is 0 Å². The van der Waals surface area contributed by atoms with E-state index in [2.05, 4.69) is 0 Å². The number of benzene rings is 2. The first-order valence-corrected chi connectivity index (χ1v) is 9.22. The lowest BCUT2D eigenvalue weighted by Crippen LogP contribution is -2.35. The molecule has 0 saturated heterocycles. The molecule has 7 heteroatoms. The topological polar surface area (TPSA) is 53.8 Å². The third-order valence-corrected chi connectivity index (χ3v) is 5.12. The van der Waals surface area contributed by atoms with Crippen molar-refractivity contribution in [2.24, 2.45) is 0 Å². The van der Waals surface area contributed by atoms with E-state index in [-0.39, 0.29) is 22.7 Å². The highest BCUT2D eigenvalue weighted by Crippen LogP contribution is 2.38. The van der Waals surface area contributed by atoms with Crippen molar-refractivity contribution >= 4 is 28.5 Å². The van der Waals surface area contributed by atoms with Crippen LogP contribution in [0, 0.1) is 5.82 Å². The van der Waals surface area contributed by atoms with E-state index < -0.39 is 11.9 Å². The first kappa shape index (κ1) is 18.7. The number of nitrogens with zero attached hydrogens (tertiary/aromatic N) is 2. The van der Waals surface area contributed by atoms with Gasteiger partial charge >= 0.3 is 0 Å². The van der Waals surface area contributed by atoms with Gasteiger partial charge in [0.25, 0.3) is 5.91 Å². The molecule has 0 bridgehead atoms. The first-order valence-electron chi connectivity index (χ1n) is 8.84. The maximum Gasteiger partial charge on any atom is 0.290 e. The average molecular weight is 401 g/mol. The molecule has 1 aromatic heterocycles. The molecular formula is C21H18ClFN2O3. The van der Waals surface area contributed by atoms with Gasteiger partial charge in [0.15, 0.2) is 5.43 Å². The van der Waals surface area contributed by atoms with E-state index >= 15 is 0 Å². The molecule has 1 atom stereocenters. The van der Waals surface area contributed by atoms with Crippen LogP contribution >= 0.6 is 11.6 Å². The number of rotatable bonds is 4. The van der Waals surface area contributed by atoms with E-state index in [0.29, 0.717) is 34.6 Å². The van der Waals surface area contributed by atoms with Crippen molar-refractivity contribution in [1.29, 1.82) is 0 Å². The van der Waals surface area contributed by atoms with E-state index in [4.69, 9.17) is 16.0 Å². The van der Waals surface area contributed by atoms with Crippen LogP contribution < -0.4 is 5.43 Å². The van der Waals surface area contributed by atoms with Gasteiger partial charge in [0.05, 0.1) is 17.0 Å². The molecule has 0 fully saturated rings. The van der Waals surface area contributed by atoms with Gasteiger partial charge in [-0.1, -0.05) is 23.7 Å². The fourth-order valence-corrected chi connectivity index (χ4v) is 3.73. The Hall–Kier alpha value is -2.70. The second-order valence-corrected chi connectivity index (χ2v) is 7.51. The molecule has 0 unspecified atom stereocenters. The first-order chi connectivity index (χ1) is 13.4. The summed E-state index contributed by atoms with van der Waals surface area (Å²) in [7, 11) is 3.79. The van der Waals surface area contributed by atoms with Crippen molar-refractivity contribution < 1.29 is 13.6 Å². The summed E-state index contributed by atoms with van der Waals surface area (Å²) in [5.74, 6) is -0.799. The minimum Gasteiger partial charge on any atom is -0.450 e. The van der Waals surface area contributed by atoms with Crippen LogP contribution in [0.1, 0.15) is 27.7 Å². The summed E-state index contributed by atoms with van der Waals surface area (Å²) in [5.41, 5.74) is 0.728. The van der Waals surface area contributed by atoms with Gasteiger partial charge in [0, 0.05) is 18.1 Å². The van der Waals surface area contributed by atoms with Gasteiger partial charge in [0.1, 0.15) is 11.4 Å². The largest absolute Gasteiger partial charge is 0.450 e. The molecule has 28 heavy (non-hydrogen) atoms. The molecule has 4 rings (SSSR count). The second kappa shape index (κ2) is 7.04. The standard InChI is InChI=1S/C21H18ClFN2O3/c1-24(2)8-9-25-18(12-4-3-5-14(23)10-12)17-19(26)15-11-13(22)6-7-16(15)28-20(17)21(25)27/h3-7,10-11,18H,8-9H2,1-2H3/t18-/m0/s1. The average Bonchev–Trinajstić information content (AvgIpc) is 2.93. The minimum atomic E-state index is -0.710. The summed E-state index contributed by atoms with van der Waals surface area (Å²) in [5, 5.41) is 0.700. The normalized spacial score (nSPS) is 16.2. The predicted molar refractivity (Wildman–Crippen MR) is 105 cm³/mol. The highest BCUT2D eigenvalue weighted by Gasteiger charge is 2.42. The lowest BCUT2D eigenvalue weighted by Gasteiger charge is -2.26. The highest BCUT2D eigenvalue weighted by molar-refractivity contribution is 6.31. The number of carbonyl (C=O) groups is 1. The van der Waals surface area contributed by atoms with Gasteiger partial charge in [-0.3, -0.25) is 9.59 Å². The fourth-order valence-electron chi connectivity index (χ4n) is 3.55. The lowest BCUT2D eigenvalue weighted by atomic mass is 9.98. The van der Waals surface area contributed by atoms with Crippen LogP contribution in [0.2, 0.25) is 5.02 Å². The number of likely N-dealkylation sites (N-methyl/N-ethyl adjacent to an activating group) is 1. The Kier molecular flexibility index (Phi) is 4.69. The van der Waals surface area contributed by atoms with Gasteiger partial charge in [0.2, 0.25) is 5.76 Å². The number of halogens is 2. The smallest absolute Gasteiger partial charge is 0.290 e. The molecule has 0 N–H and O–H groups in total. The van der Waals surface area contributed by atoms with Crippen molar-refractivity contribution in [1.82, 2.24) is 9.80 Å². The summed E-state index contributed by atoms with van der Waals surface area (Å²) in [6, 6.07) is 9.94. The number of amides is 1. The molecule has 2 aromatic carbocycles. The van der Waals surface area contributed by atoms with Gasteiger partial charge < -0.3 is 14.2 Å². The summed E-state index contributed by atoms with van der Waals surface area (Å²) >= 11 is 6.04. The maximum absolute atomic E-state index is 13.9. The van der Waals surface area contributed by atoms with Crippen LogP contribution in [0.3, 0.4) is 0 Å². The summed E-state index contributed by atoms with van der Waals surface area (Å²) < 4.78 is 19.7. The lowest BCUT2D eigenvalue weighted by molar-refractivity contribution is 0.0716. The number of carbonyl (C=O) groups excluding carboxylic acids is 1. The van der Waals surface area contributed by atoms with Gasteiger partial charge in [-0.15, -0.1) is 0 Å². The quantitative estimate of drug-likeness (QED) is 0.670. The molecular weight excluding hydrogens is 383 g/mol. The minimum absolute atomic E-state index is 0.00726. The van der Waals surface area contributed by atoms with E-state index in [1.54, 1.807) is 29.2 Å². The van der Waals surface area contributed by atoms with Crippen molar-refractivity contribution in [3.8, 4) is 0 Å². The Morgan fingerprint density at radius 1 is 1.18 bits per heavy atom. The Bertz CT molecular complexity index is 1140. The zero-order valence-electron chi connectivity index (χ0n) is 15.4. The number of hydrogen-bond donors (Lipinski definition) is 0. The van der Waals surface area contributed by atoms with Crippen LogP contribution in [0.25, 0.3) is 11.0 Å². The molecule has 1 aliphatic heterocycles. The molecule has 3 aromatic rings. The molecule has 0 saturated carbocycles. The van der Waals surface area contributed by atoms with Crippen LogP contribution in [0.5, 0.6) is 0 Å². The Balaban J connectivity index is 1.96. The molecule has 2 heterocycles.